The molecule has 0 aromatic heterocycles. The monoisotopic (exact) mass is 342 g/mol. The van der Waals surface area contributed by atoms with Crippen LogP contribution in [0.5, 0.6) is 0 Å². The van der Waals surface area contributed by atoms with E-state index >= 15 is 0 Å². The largest absolute Gasteiger partial charge is 0.352 e. The van der Waals surface area contributed by atoms with Crippen LogP contribution in [0.1, 0.15) is 51.5 Å². The van der Waals surface area contributed by atoms with Gasteiger partial charge in [0.25, 0.3) is 0 Å². The van der Waals surface area contributed by atoms with Crippen LogP contribution in [0.4, 0.5) is 0 Å². The number of likely N-dealkylation sites (tertiary alicyclic amines) is 1. The van der Waals surface area contributed by atoms with Gasteiger partial charge in [0.2, 0.25) is 5.91 Å². The molecule has 1 saturated heterocycles. The smallest absolute Gasteiger partial charge is 0.234 e. The van der Waals surface area contributed by atoms with Crippen molar-refractivity contribution in [3.63, 3.8) is 0 Å². The zero-order chi connectivity index (χ0) is 17.6. The van der Waals surface area contributed by atoms with Crippen LogP contribution >= 0.6 is 0 Å². The number of rotatable bonds is 5. The van der Waals surface area contributed by atoms with E-state index < -0.39 is 0 Å². The maximum atomic E-state index is 12.5. The second-order valence-electron chi connectivity index (χ2n) is 8.35. The summed E-state index contributed by atoms with van der Waals surface area (Å²) in [5.41, 5.74) is 1.44. The van der Waals surface area contributed by atoms with Crippen molar-refractivity contribution in [2.24, 2.45) is 17.8 Å². The lowest BCUT2D eigenvalue weighted by Crippen LogP contribution is -2.48. The van der Waals surface area contributed by atoms with Crippen molar-refractivity contribution in [3.8, 4) is 0 Å². The molecular weight excluding hydrogens is 308 g/mol. The van der Waals surface area contributed by atoms with Gasteiger partial charge in [0.15, 0.2) is 0 Å². The Labute approximate surface area is 153 Å². The first kappa shape index (κ1) is 18.4. The molecular formula is C22H34N2O. The van der Waals surface area contributed by atoms with Gasteiger partial charge in [-0.15, -0.1) is 0 Å². The van der Waals surface area contributed by atoms with Crippen LogP contribution in [-0.4, -0.2) is 36.5 Å². The average Bonchev–Trinajstić information content (AvgIpc) is 2.62. The van der Waals surface area contributed by atoms with Crippen LogP contribution < -0.4 is 5.32 Å². The van der Waals surface area contributed by atoms with Crippen LogP contribution in [0.2, 0.25) is 0 Å². The fourth-order valence-corrected chi connectivity index (χ4v) is 4.54. The van der Waals surface area contributed by atoms with Crippen molar-refractivity contribution in [1.29, 1.82) is 0 Å². The van der Waals surface area contributed by atoms with E-state index in [1.54, 1.807) is 0 Å². The predicted octanol–water partition coefficient (Wildman–Crippen LogP) is 3.88. The maximum absolute atomic E-state index is 12.5. The van der Waals surface area contributed by atoms with Crippen LogP contribution in [0.25, 0.3) is 0 Å². The van der Waals surface area contributed by atoms with Gasteiger partial charge in [-0.05, 0) is 62.1 Å². The third-order valence-corrected chi connectivity index (χ3v) is 6.49. The minimum absolute atomic E-state index is 0.229. The molecule has 0 radical (unpaired) electrons. The van der Waals surface area contributed by atoms with Gasteiger partial charge in [0.1, 0.15) is 0 Å². The number of nitrogens with one attached hydrogen (secondary N) is 1. The lowest BCUT2D eigenvalue weighted by atomic mass is 9.78. The van der Waals surface area contributed by atoms with Gasteiger partial charge in [0.05, 0.1) is 6.54 Å². The molecule has 138 valence electrons. The number of amides is 1. The van der Waals surface area contributed by atoms with E-state index in [2.05, 4.69) is 54.4 Å². The number of carbonyl (C=O) groups excluding carboxylic acids is 1. The Morgan fingerprint density at radius 3 is 2.52 bits per heavy atom. The lowest BCUT2D eigenvalue weighted by Gasteiger charge is -2.36. The van der Waals surface area contributed by atoms with Crippen molar-refractivity contribution in [2.75, 3.05) is 19.6 Å². The van der Waals surface area contributed by atoms with Crippen LogP contribution in [0, 0.1) is 17.8 Å². The molecule has 0 spiro atoms. The molecule has 1 aliphatic carbocycles. The zero-order valence-electron chi connectivity index (χ0n) is 15.9. The highest BCUT2D eigenvalue weighted by Gasteiger charge is 2.29. The molecule has 3 heteroatoms. The van der Waals surface area contributed by atoms with E-state index in [4.69, 9.17) is 0 Å². The van der Waals surface area contributed by atoms with Crippen molar-refractivity contribution in [1.82, 2.24) is 10.2 Å². The molecule has 0 bridgehead atoms. The van der Waals surface area contributed by atoms with Crippen LogP contribution in [-0.2, 0) is 11.2 Å². The summed E-state index contributed by atoms with van der Waals surface area (Å²) in [4.78, 5) is 14.8. The summed E-state index contributed by atoms with van der Waals surface area (Å²) in [5, 5.41) is 3.32. The normalized spacial score (nSPS) is 28.6. The molecule has 1 aromatic rings. The summed E-state index contributed by atoms with van der Waals surface area (Å²) >= 11 is 0. The molecule has 0 unspecified atom stereocenters. The van der Waals surface area contributed by atoms with E-state index in [-0.39, 0.29) is 5.91 Å². The summed E-state index contributed by atoms with van der Waals surface area (Å²) in [7, 11) is 0. The molecule has 25 heavy (non-hydrogen) atoms. The van der Waals surface area contributed by atoms with Gasteiger partial charge >= 0.3 is 0 Å². The SMILES string of the molecule is C[C@@H]1[C@H](C)CCC[C@H]1NC(=O)CN1CCC(Cc2ccccc2)CC1. The van der Waals surface area contributed by atoms with Gasteiger partial charge in [-0.2, -0.15) is 0 Å². The van der Waals surface area contributed by atoms with E-state index in [0.29, 0.717) is 18.5 Å². The van der Waals surface area contributed by atoms with Gasteiger partial charge in [-0.3, -0.25) is 9.69 Å². The molecule has 3 nitrogen and oxygen atoms in total. The summed E-state index contributed by atoms with van der Waals surface area (Å²) in [6.45, 7) is 7.31. The van der Waals surface area contributed by atoms with Crippen molar-refractivity contribution in [2.45, 2.75) is 58.4 Å². The molecule has 1 heterocycles. The average molecular weight is 343 g/mol. The van der Waals surface area contributed by atoms with Gasteiger partial charge in [-0.25, -0.2) is 0 Å². The topological polar surface area (TPSA) is 32.3 Å². The molecule has 1 amide bonds. The lowest BCUT2D eigenvalue weighted by molar-refractivity contribution is -0.124. The van der Waals surface area contributed by atoms with Crippen molar-refractivity contribution in [3.05, 3.63) is 35.9 Å². The predicted molar refractivity (Wildman–Crippen MR) is 103 cm³/mol. The maximum Gasteiger partial charge on any atom is 0.234 e. The molecule has 3 atom stereocenters. The number of benzene rings is 1. The standard InChI is InChI=1S/C22H34N2O/c1-17-7-6-10-21(18(17)2)23-22(25)16-24-13-11-20(12-14-24)15-19-8-4-3-5-9-19/h3-5,8-9,17-18,20-21H,6-7,10-16H2,1-2H3,(H,23,25)/t17-,18-,21-/m1/s1. The summed E-state index contributed by atoms with van der Waals surface area (Å²) in [6, 6.07) is 11.2. The second-order valence-corrected chi connectivity index (χ2v) is 8.35. The molecule has 1 saturated carbocycles. The highest BCUT2D eigenvalue weighted by Crippen LogP contribution is 2.29. The van der Waals surface area contributed by atoms with E-state index in [1.807, 2.05) is 0 Å². The third kappa shape index (κ3) is 5.31. The molecule has 2 fully saturated rings. The number of piperidine rings is 1. The number of hydrogen-bond donors (Lipinski definition) is 1. The van der Waals surface area contributed by atoms with Gasteiger partial charge in [0, 0.05) is 6.04 Å². The summed E-state index contributed by atoms with van der Waals surface area (Å²) in [6.07, 6.45) is 7.30. The first-order chi connectivity index (χ1) is 12.1. The van der Waals surface area contributed by atoms with E-state index in [9.17, 15) is 4.79 Å². The first-order valence-corrected chi connectivity index (χ1v) is 10.2. The Morgan fingerprint density at radius 1 is 1.08 bits per heavy atom. The summed E-state index contributed by atoms with van der Waals surface area (Å²) < 4.78 is 0. The van der Waals surface area contributed by atoms with E-state index in [0.717, 1.165) is 31.3 Å². The molecule has 3 rings (SSSR count). The summed E-state index contributed by atoms with van der Waals surface area (Å²) in [5.74, 6) is 2.33. The number of hydrogen-bond acceptors (Lipinski definition) is 2. The van der Waals surface area contributed by atoms with Gasteiger partial charge in [-0.1, -0.05) is 57.0 Å². The molecule has 2 aliphatic rings. The zero-order valence-corrected chi connectivity index (χ0v) is 15.9. The molecule has 1 N–H and O–H groups in total. The number of carbonyl (C=O) groups is 1. The molecule has 1 aliphatic heterocycles. The van der Waals surface area contributed by atoms with Crippen LogP contribution in [0.15, 0.2) is 30.3 Å². The Kier molecular flexibility index (Phi) is 6.52. The highest BCUT2D eigenvalue weighted by atomic mass is 16.2. The minimum atomic E-state index is 0.229. The van der Waals surface area contributed by atoms with Crippen molar-refractivity contribution >= 4 is 5.91 Å². The Bertz CT molecular complexity index is 536. The minimum Gasteiger partial charge on any atom is -0.352 e. The fraction of sp³-hybridized carbons (Fsp3) is 0.682. The Balaban J connectivity index is 1.39. The second kappa shape index (κ2) is 8.84. The highest BCUT2D eigenvalue weighted by molar-refractivity contribution is 5.78. The quantitative estimate of drug-likeness (QED) is 0.881. The Morgan fingerprint density at radius 2 is 1.80 bits per heavy atom. The fourth-order valence-electron chi connectivity index (χ4n) is 4.54. The first-order valence-electron chi connectivity index (χ1n) is 10.2. The van der Waals surface area contributed by atoms with Crippen LogP contribution in [0.3, 0.4) is 0 Å². The van der Waals surface area contributed by atoms with E-state index in [1.165, 1.54) is 37.7 Å². The molecule has 1 aromatic carbocycles. The third-order valence-electron chi connectivity index (χ3n) is 6.49. The Hall–Kier alpha value is -1.35. The van der Waals surface area contributed by atoms with Gasteiger partial charge < -0.3 is 5.32 Å². The number of nitrogens with zero attached hydrogens (tertiary/aromatic N) is 1. The van der Waals surface area contributed by atoms with Crippen molar-refractivity contribution < 1.29 is 4.79 Å².